The minimum absolute atomic E-state index is 0.0440. The summed E-state index contributed by atoms with van der Waals surface area (Å²) in [7, 11) is 0. The smallest absolute Gasteiger partial charge is 0.252 e. The maximum Gasteiger partial charge on any atom is 0.252 e. The van der Waals surface area contributed by atoms with Crippen LogP contribution < -0.4 is 5.32 Å². The number of amides is 1. The van der Waals surface area contributed by atoms with Crippen molar-refractivity contribution in [2.24, 2.45) is 0 Å². The van der Waals surface area contributed by atoms with Crippen LogP contribution in [0.1, 0.15) is 41.1 Å². The molecule has 1 atom stereocenters. The monoisotopic (exact) mass is 412 g/mol. The van der Waals surface area contributed by atoms with Gasteiger partial charge >= 0.3 is 0 Å². The Morgan fingerprint density at radius 2 is 1.96 bits per heavy atom. The first-order valence-corrected chi connectivity index (χ1v) is 11.2. The van der Waals surface area contributed by atoms with Crippen LogP contribution in [0.25, 0.3) is 0 Å². The number of aromatic nitrogens is 1. The molecule has 0 aliphatic rings. The van der Waals surface area contributed by atoms with E-state index in [0.29, 0.717) is 18.7 Å². The van der Waals surface area contributed by atoms with Gasteiger partial charge in [-0.15, -0.1) is 23.1 Å². The number of hydrogen-bond acceptors (Lipinski definition) is 5. The lowest BCUT2D eigenvalue weighted by molar-refractivity contribution is 0.0634. The molecular weight excluding hydrogens is 388 g/mol. The van der Waals surface area contributed by atoms with E-state index in [-0.39, 0.29) is 12.0 Å². The first-order valence-electron chi connectivity index (χ1n) is 9.27. The number of thiazole rings is 1. The normalized spacial score (nSPS) is 11.9. The number of nitrogens with one attached hydrogen (secondary N) is 1. The highest BCUT2D eigenvalue weighted by molar-refractivity contribution is 7.98. The molecule has 6 heteroatoms. The van der Waals surface area contributed by atoms with Crippen LogP contribution in [0.4, 0.5) is 0 Å². The van der Waals surface area contributed by atoms with E-state index in [2.05, 4.69) is 22.4 Å². The van der Waals surface area contributed by atoms with Gasteiger partial charge in [-0.1, -0.05) is 42.5 Å². The van der Waals surface area contributed by atoms with Crippen molar-refractivity contribution in [1.82, 2.24) is 10.3 Å². The largest absolute Gasteiger partial charge is 0.374 e. The summed E-state index contributed by atoms with van der Waals surface area (Å²) in [5.74, 6) is 0.719. The summed E-state index contributed by atoms with van der Waals surface area (Å²) in [5, 5.41) is 5.03. The highest BCUT2D eigenvalue weighted by Crippen LogP contribution is 2.26. The molecule has 0 spiro atoms. The molecule has 3 rings (SSSR count). The molecule has 1 unspecified atom stereocenters. The zero-order valence-electron chi connectivity index (χ0n) is 15.8. The molecular formula is C22H24N2O2S2. The van der Waals surface area contributed by atoms with Gasteiger partial charge in [0.05, 0.1) is 22.9 Å². The topological polar surface area (TPSA) is 51.2 Å². The second-order valence-electron chi connectivity index (χ2n) is 6.30. The molecule has 1 aromatic heterocycles. The van der Waals surface area contributed by atoms with Crippen molar-refractivity contribution in [2.75, 3.05) is 13.2 Å². The average Bonchev–Trinajstić information content (AvgIpc) is 3.26. The molecule has 1 N–H and O–H groups in total. The van der Waals surface area contributed by atoms with Gasteiger partial charge in [-0.3, -0.25) is 4.79 Å². The summed E-state index contributed by atoms with van der Waals surface area (Å²) >= 11 is 3.22. The lowest BCUT2D eigenvalue weighted by Crippen LogP contribution is -2.25. The van der Waals surface area contributed by atoms with Crippen molar-refractivity contribution in [2.45, 2.75) is 30.1 Å². The number of nitrogens with zero attached hydrogens (tertiary/aromatic N) is 1. The van der Waals surface area contributed by atoms with Crippen molar-refractivity contribution in [3.05, 3.63) is 82.3 Å². The Bertz CT molecular complexity index is 854. The van der Waals surface area contributed by atoms with Crippen molar-refractivity contribution in [3.63, 3.8) is 0 Å². The number of hydrogen-bond donors (Lipinski definition) is 1. The molecule has 0 bridgehead atoms. The lowest BCUT2D eigenvalue weighted by atomic mass is 10.1. The van der Waals surface area contributed by atoms with Gasteiger partial charge in [0.25, 0.3) is 5.91 Å². The second-order valence-corrected chi connectivity index (χ2v) is 8.03. The van der Waals surface area contributed by atoms with E-state index >= 15 is 0 Å². The summed E-state index contributed by atoms with van der Waals surface area (Å²) in [6.07, 6.45) is 0.830. The molecule has 4 nitrogen and oxygen atoms in total. The molecule has 0 fully saturated rings. The third-order valence-corrected chi connectivity index (χ3v) is 5.98. The van der Waals surface area contributed by atoms with Gasteiger partial charge in [0, 0.05) is 29.2 Å². The third-order valence-electron chi connectivity index (χ3n) is 4.23. The molecule has 0 aliphatic heterocycles. The van der Waals surface area contributed by atoms with Crippen LogP contribution >= 0.6 is 23.1 Å². The molecule has 2 aromatic carbocycles. The number of carbonyl (C=O) groups is 1. The molecule has 3 aromatic rings. The Hall–Kier alpha value is -2.15. The number of ether oxygens (including phenoxy) is 1. The van der Waals surface area contributed by atoms with E-state index in [4.69, 9.17) is 4.74 Å². The molecule has 0 aliphatic carbocycles. The molecule has 0 saturated carbocycles. The highest BCUT2D eigenvalue weighted by Gasteiger charge is 2.11. The Kier molecular flexibility index (Phi) is 8.08. The fourth-order valence-electron chi connectivity index (χ4n) is 2.69. The first kappa shape index (κ1) is 20.6. The summed E-state index contributed by atoms with van der Waals surface area (Å²) < 4.78 is 5.86. The highest BCUT2D eigenvalue weighted by atomic mass is 32.2. The summed E-state index contributed by atoms with van der Waals surface area (Å²) in [4.78, 5) is 17.8. The third kappa shape index (κ3) is 6.19. The average molecular weight is 413 g/mol. The minimum atomic E-state index is -0.0440. The second kappa shape index (κ2) is 11.0. The minimum Gasteiger partial charge on any atom is -0.374 e. The van der Waals surface area contributed by atoms with Gasteiger partial charge in [-0.05, 0) is 31.0 Å². The maximum absolute atomic E-state index is 12.6. The van der Waals surface area contributed by atoms with E-state index in [1.165, 1.54) is 0 Å². The predicted molar refractivity (Wildman–Crippen MR) is 116 cm³/mol. The molecule has 28 heavy (non-hydrogen) atoms. The van der Waals surface area contributed by atoms with Gasteiger partial charge in [-0.2, -0.15) is 0 Å². The van der Waals surface area contributed by atoms with Crippen molar-refractivity contribution < 1.29 is 9.53 Å². The van der Waals surface area contributed by atoms with Gasteiger partial charge < -0.3 is 10.1 Å². The summed E-state index contributed by atoms with van der Waals surface area (Å²) in [5.41, 5.74) is 4.74. The van der Waals surface area contributed by atoms with E-state index in [1.807, 2.05) is 60.3 Å². The van der Waals surface area contributed by atoms with Crippen LogP contribution in [-0.4, -0.2) is 24.0 Å². The fourth-order valence-corrected chi connectivity index (χ4v) is 4.31. The number of rotatable bonds is 10. The molecule has 0 saturated heterocycles. The van der Waals surface area contributed by atoms with Gasteiger partial charge in [0.15, 0.2) is 0 Å². The standard InChI is InChI=1S/C22H24N2O2S2/c1-17(18-8-3-2-4-9-18)26-13-7-12-23-22(25)20-10-5-6-11-21(20)28-15-19-14-27-16-24-19/h2-6,8-11,14,16-17H,7,12-13,15H2,1H3,(H,23,25). The summed E-state index contributed by atoms with van der Waals surface area (Å²) in [6, 6.07) is 17.9. The number of thioether (sulfide) groups is 1. The Morgan fingerprint density at radius 3 is 2.75 bits per heavy atom. The van der Waals surface area contributed by atoms with Crippen molar-refractivity contribution in [1.29, 1.82) is 0 Å². The number of benzene rings is 2. The quantitative estimate of drug-likeness (QED) is 0.361. The van der Waals surface area contributed by atoms with Gasteiger partial charge in [0.2, 0.25) is 0 Å². The zero-order valence-corrected chi connectivity index (χ0v) is 17.5. The van der Waals surface area contributed by atoms with E-state index < -0.39 is 0 Å². The van der Waals surface area contributed by atoms with Crippen LogP contribution in [0.2, 0.25) is 0 Å². The first-order chi connectivity index (χ1) is 13.7. The summed E-state index contributed by atoms with van der Waals surface area (Å²) in [6.45, 7) is 3.24. The maximum atomic E-state index is 12.6. The lowest BCUT2D eigenvalue weighted by Gasteiger charge is -2.14. The Balaban J connectivity index is 1.42. The Labute approximate surface area is 174 Å². The Morgan fingerprint density at radius 1 is 1.18 bits per heavy atom. The van der Waals surface area contributed by atoms with E-state index in [1.54, 1.807) is 23.1 Å². The van der Waals surface area contributed by atoms with Crippen LogP contribution in [0.5, 0.6) is 0 Å². The van der Waals surface area contributed by atoms with Crippen LogP contribution in [0.15, 0.2) is 70.4 Å². The van der Waals surface area contributed by atoms with E-state index in [9.17, 15) is 4.79 Å². The molecule has 1 amide bonds. The predicted octanol–water partition coefficient (Wildman–Crippen LogP) is 5.33. The van der Waals surface area contributed by atoms with Crippen molar-refractivity contribution >= 4 is 29.0 Å². The molecule has 146 valence electrons. The van der Waals surface area contributed by atoms with Gasteiger partial charge in [-0.25, -0.2) is 4.98 Å². The fraction of sp³-hybridized carbons (Fsp3) is 0.273. The number of carbonyl (C=O) groups excluding carboxylic acids is 1. The molecule has 1 heterocycles. The van der Waals surface area contributed by atoms with Crippen LogP contribution in [-0.2, 0) is 10.5 Å². The molecule has 0 radical (unpaired) electrons. The van der Waals surface area contributed by atoms with Crippen LogP contribution in [0, 0.1) is 0 Å². The van der Waals surface area contributed by atoms with E-state index in [0.717, 1.165) is 28.3 Å². The van der Waals surface area contributed by atoms with Crippen LogP contribution in [0.3, 0.4) is 0 Å². The zero-order chi connectivity index (χ0) is 19.6. The van der Waals surface area contributed by atoms with Crippen molar-refractivity contribution in [3.8, 4) is 0 Å². The SMILES string of the molecule is CC(OCCCNC(=O)c1ccccc1SCc1cscn1)c1ccccc1. The van der Waals surface area contributed by atoms with Gasteiger partial charge in [0.1, 0.15) is 0 Å².